The minimum Gasteiger partial charge on any atom is -0.444 e. The zero-order valence-corrected chi connectivity index (χ0v) is 16.4. The molecule has 2 fully saturated rings. The fourth-order valence-corrected chi connectivity index (χ4v) is 3.80. The van der Waals surface area contributed by atoms with Crippen molar-refractivity contribution in [1.82, 2.24) is 9.80 Å². The number of carbonyl (C=O) groups is 1. The third-order valence-electron chi connectivity index (χ3n) is 5.57. The van der Waals surface area contributed by atoms with Crippen LogP contribution >= 0.6 is 0 Å². The highest BCUT2D eigenvalue weighted by molar-refractivity contribution is 5.68. The first kappa shape index (κ1) is 20.4. The van der Waals surface area contributed by atoms with Gasteiger partial charge >= 0.3 is 6.09 Å². The summed E-state index contributed by atoms with van der Waals surface area (Å²) < 4.78 is 20.7. The van der Waals surface area contributed by atoms with E-state index in [4.69, 9.17) is 4.74 Å². The zero-order chi connectivity index (χ0) is 18.8. The van der Waals surface area contributed by atoms with Gasteiger partial charge in [0.1, 0.15) is 11.8 Å². The molecule has 0 aromatic rings. The normalized spacial score (nSPS) is 24.4. The molecule has 1 N–H and O–H groups in total. The van der Waals surface area contributed by atoms with E-state index in [1.165, 1.54) is 0 Å². The average molecular weight is 358 g/mol. The molecule has 2 saturated heterocycles. The Labute approximate surface area is 151 Å². The van der Waals surface area contributed by atoms with Gasteiger partial charge in [-0.2, -0.15) is 0 Å². The first-order valence-corrected chi connectivity index (χ1v) is 9.61. The Morgan fingerprint density at radius 2 is 1.68 bits per heavy atom. The third kappa shape index (κ3) is 5.30. The predicted molar refractivity (Wildman–Crippen MR) is 96.0 cm³/mol. The number of rotatable bonds is 3. The van der Waals surface area contributed by atoms with Crippen molar-refractivity contribution >= 4 is 6.09 Å². The molecule has 0 aromatic carbocycles. The van der Waals surface area contributed by atoms with E-state index in [2.05, 4.69) is 13.8 Å². The molecular formula is C19H35FN2O3. The highest BCUT2D eigenvalue weighted by Gasteiger charge is 2.46. The summed E-state index contributed by atoms with van der Waals surface area (Å²) in [5, 5.41) is 10.6. The van der Waals surface area contributed by atoms with Gasteiger partial charge in [-0.15, -0.1) is 0 Å². The van der Waals surface area contributed by atoms with Crippen LogP contribution in [0.3, 0.4) is 0 Å². The molecule has 0 aliphatic carbocycles. The molecule has 0 aromatic heterocycles. The highest BCUT2D eigenvalue weighted by Crippen LogP contribution is 2.35. The fourth-order valence-electron chi connectivity index (χ4n) is 3.80. The summed E-state index contributed by atoms with van der Waals surface area (Å²) in [5.74, 6) is 1.30. The van der Waals surface area contributed by atoms with Gasteiger partial charge in [0.25, 0.3) is 0 Å². The number of alkyl halides is 1. The van der Waals surface area contributed by atoms with Crippen molar-refractivity contribution in [1.29, 1.82) is 0 Å². The third-order valence-corrected chi connectivity index (χ3v) is 5.57. The maximum absolute atomic E-state index is 15.3. The quantitative estimate of drug-likeness (QED) is 0.840. The number of amides is 1. The van der Waals surface area contributed by atoms with Crippen LogP contribution in [0, 0.1) is 11.8 Å². The zero-order valence-electron chi connectivity index (χ0n) is 16.4. The molecule has 0 bridgehead atoms. The number of halogens is 1. The van der Waals surface area contributed by atoms with Crippen molar-refractivity contribution in [2.75, 3.05) is 26.2 Å². The average Bonchev–Trinajstić information content (AvgIpc) is 2.53. The summed E-state index contributed by atoms with van der Waals surface area (Å²) in [6.07, 6.45) is 0.835. The van der Waals surface area contributed by atoms with Gasteiger partial charge in [-0.3, -0.25) is 4.90 Å². The number of aliphatic hydroxyl groups is 1. The van der Waals surface area contributed by atoms with Gasteiger partial charge in [0.15, 0.2) is 5.67 Å². The van der Waals surface area contributed by atoms with E-state index in [0.29, 0.717) is 11.8 Å². The summed E-state index contributed by atoms with van der Waals surface area (Å²) in [6, 6.07) is 0. The van der Waals surface area contributed by atoms with Gasteiger partial charge in [0, 0.05) is 39.0 Å². The summed E-state index contributed by atoms with van der Waals surface area (Å²) in [6.45, 7) is 11.9. The minimum atomic E-state index is -1.65. The number of aliphatic hydroxyl groups excluding tert-OH is 1. The lowest BCUT2D eigenvalue weighted by Gasteiger charge is -2.45. The Hall–Kier alpha value is -0.880. The van der Waals surface area contributed by atoms with Crippen molar-refractivity contribution in [3.8, 4) is 0 Å². The molecule has 2 heterocycles. The van der Waals surface area contributed by atoms with Crippen LogP contribution in [-0.2, 0) is 4.74 Å². The summed E-state index contributed by atoms with van der Waals surface area (Å²) in [4.78, 5) is 15.5. The first-order chi connectivity index (χ1) is 11.5. The minimum absolute atomic E-state index is 0.150. The Kier molecular flexibility index (Phi) is 6.36. The lowest BCUT2D eigenvalue weighted by atomic mass is 9.85. The van der Waals surface area contributed by atoms with Crippen LogP contribution in [0.2, 0.25) is 0 Å². The van der Waals surface area contributed by atoms with E-state index in [-0.39, 0.29) is 25.9 Å². The molecular weight excluding hydrogens is 323 g/mol. The maximum atomic E-state index is 15.3. The van der Waals surface area contributed by atoms with Crippen molar-refractivity contribution in [2.24, 2.45) is 11.8 Å². The number of piperidine rings is 2. The van der Waals surface area contributed by atoms with Crippen LogP contribution < -0.4 is 0 Å². The number of carbonyl (C=O) groups excluding carboxylic acids is 1. The van der Waals surface area contributed by atoms with Crippen LogP contribution in [0.15, 0.2) is 0 Å². The SMILES string of the molecule is CC(C)C1CCN(C(O)C2(F)CCN(C(=O)OC(C)(C)C)CC2)CC1. The maximum Gasteiger partial charge on any atom is 0.410 e. The highest BCUT2D eigenvalue weighted by atomic mass is 19.1. The van der Waals surface area contributed by atoms with Crippen LogP contribution in [-0.4, -0.2) is 64.7 Å². The predicted octanol–water partition coefficient (Wildman–Crippen LogP) is 3.41. The van der Waals surface area contributed by atoms with E-state index >= 15 is 4.39 Å². The van der Waals surface area contributed by atoms with Gasteiger partial charge in [-0.1, -0.05) is 13.8 Å². The van der Waals surface area contributed by atoms with Gasteiger partial charge < -0.3 is 14.7 Å². The van der Waals surface area contributed by atoms with Gasteiger partial charge in [-0.05, 0) is 45.4 Å². The van der Waals surface area contributed by atoms with E-state index in [1.807, 2.05) is 25.7 Å². The molecule has 2 aliphatic heterocycles. The van der Waals surface area contributed by atoms with E-state index in [1.54, 1.807) is 4.90 Å². The van der Waals surface area contributed by atoms with Crippen molar-refractivity contribution in [2.45, 2.75) is 77.8 Å². The number of hydrogen-bond acceptors (Lipinski definition) is 4. The summed E-state index contributed by atoms with van der Waals surface area (Å²) >= 11 is 0. The van der Waals surface area contributed by atoms with Crippen molar-refractivity contribution in [3.05, 3.63) is 0 Å². The molecule has 1 atom stereocenters. The molecule has 5 nitrogen and oxygen atoms in total. The Balaban J connectivity index is 1.86. The second-order valence-electron chi connectivity index (χ2n) is 8.99. The molecule has 25 heavy (non-hydrogen) atoms. The van der Waals surface area contributed by atoms with Gasteiger partial charge in [-0.25, -0.2) is 9.18 Å². The van der Waals surface area contributed by atoms with Crippen molar-refractivity contribution < 1.29 is 19.0 Å². The molecule has 6 heteroatoms. The number of likely N-dealkylation sites (tertiary alicyclic amines) is 2. The second-order valence-corrected chi connectivity index (χ2v) is 8.99. The molecule has 0 radical (unpaired) electrons. The molecule has 1 unspecified atom stereocenters. The Bertz CT molecular complexity index is 448. The number of ether oxygens (including phenoxy) is 1. The van der Waals surface area contributed by atoms with Crippen LogP contribution in [0.5, 0.6) is 0 Å². The molecule has 0 saturated carbocycles. The van der Waals surface area contributed by atoms with E-state index < -0.39 is 23.6 Å². The monoisotopic (exact) mass is 358 g/mol. The van der Waals surface area contributed by atoms with E-state index in [0.717, 1.165) is 25.9 Å². The molecule has 2 aliphatic rings. The molecule has 0 spiro atoms. The summed E-state index contributed by atoms with van der Waals surface area (Å²) in [5.41, 5.74) is -2.20. The van der Waals surface area contributed by atoms with E-state index in [9.17, 15) is 9.90 Å². The first-order valence-electron chi connectivity index (χ1n) is 9.61. The van der Waals surface area contributed by atoms with Gasteiger partial charge in [0.2, 0.25) is 0 Å². The Morgan fingerprint density at radius 1 is 1.16 bits per heavy atom. The smallest absolute Gasteiger partial charge is 0.410 e. The largest absolute Gasteiger partial charge is 0.444 e. The number of hydrogen-bond donors (Lipinski definition) is 1. The lowest BCUT2D eigenvalue weighted by Crippen LogP contribution is -2.57. The Morgan fingerprint density at radius 3 is 2.12 bits per heavy atom. The topological polar surface area (TPSA) is 53.0 Å². The van der Waals surface area contributed by atoms with Crippen LogP contribution in [0.1, 0.15) is 60.3 Å². The lowest BCUT2D eigenvalue weighted by molar-refractivity contribution is -0.137. The van der Waals surface area contributed by atoms with Crippen LogP contribution in [0.4, 0.5) is 9.18 Å². The fraction of sp³-hybridized carbons (Fsp3) is 0.947. The molecule has 1 amide bonds. The molecule has 2 rings (SSSR count). The van der Waals surface area contributed by atoms with Gasteiger partial charge in [0.05, 0.1) is 0 Å². The molecule has 146 valence electrons. The van der Waals surface area contributed by atoms with Crippen LogP contribution in [0.25, 0.3) is 0 Å². The summed E-state index contributed by atoms with van der Waals surface area (Å²) in [7, 11) is 0. The van der Waals surface area contributed by atoms with Crippen molar-refractivity contribution in [3.63, 3.8) is 0 Å². The number of nitrogens with zero attached hydrogens (tertiary/aromatic N) is 2. The standard InChI is InChI=1S/C19H35FN2O3/c1-14(2)15-6-10-21(11-7-15)16(23)19(20)8-12-22(13-9-19)17(24)25-18(3,4)5/h14-16,23H,6-13H2,1-5H3. The second kappa shape index (κ2) is 7.78.